The molecule has 86 valence electrons. The zero-order valence-electron chi connectivity index (χ0n) is 8.52. The van der Waals surface area contributed by atoms with Crippen LogP contribution in [0.25, 0.3) is 6.08 Å². The standard InChI is InChI=1S/C10H7N3O4/c14-9(12-7-1-6-11-12)4-2-8-3-5-10(17-8)13(15)16/h1-7H. The molecule has 2 aromatic rings. The van der Waals surface area contributed by atoms with Crippen molar-refractivity contribution in [2.24, 2.45) is 0 Å². The van der Waals surface area contributed by atoms with E-state index in [1.807, 2.05) is 0 Å². The lowest BCUT2D eigenvalue weighted by Gasteiger charge is -1.91. The Morgan fingerprint density at radius 2 is 2.35 bits per heavy atom. The minimum absolute atomic E-state index is 0.234. The molecule has 0 bridgehead atoms. The third-order valence-electron chi connectivity index (χ3n) is 1.91. The van der Waals surface area contributed by atoms with Crippen molar-refractivity contribution in [2.45, 2.75) is 0 Å². The van der Waals surface area contributed by atoms with Gasteiger partial charge in [-0.2, -0.15) is 5.10 Å². The molecule has 0 aliphatic carbocycles. The minimum Gasteiger partial charge on any atom is -0.401 e. The third kappa shape index (κ3) is 2.46. The van der Waals surface area contributed by atoms with Gasteiger partial charge in [-0.3, -0.25) is 14.9 Å². The van der Waals surface area contributed by atoms with Crippen molar-refractivity contribution in [3.63, 3.8) is 0 Å². The Balaban J connectivity index is 2.10. The molecule has 0 unspecified atom stereocenters. The average Bonchev–Trinajstić information content (AvgIpc) is 2.97. The molecule has 7 heteroatoms. The highest BCUT2D eigenvalue weighted by atomic mass is 16.6. The Hall–Kier alpha value is -2.70. The maximum absolute atomic E-state index is 11.5. The molecular formula is C10H7N3O4. The van der Waals surface area contributed by atoms with Gasteiger partial charge in [0.05, 0.1) is 6.07 Å². The van der Waals surface area contributed by atoms with Crippen LogP contribution in [-0.2, 0) is 0 Å². The lowest BCUT2D eigenvalue weighted by molar-refractivity contribution is -0.402. The topological polar surface area (TPSA) is 91.2 Å². The van der Waals surface area contributed by atoms with Crippen LogP contribution in [0.5, 0.6) is 0 Å². The number of hydrogen-bond donors (Lipinski definition) is 0. The first-order chi connectivity index (χ1) is 8.16. The molecule has 0 aliphatic heterocycles. The molecule has 0 fully saturated rings. The zero-order valence-corrected chi connectivity index (χ0v) is 8.52. The van der Waals surface area contributed by atoms with Crippen molar-refractivity contribution in [2.75, 3.05) is 0 Å². The number of carbonyl (C=O) groups excluding carboxylic acids is 1. The second-order valence-corrected chi connectivity index (χ2v) is 3.06. The molecule has 0 N–H and O–H groups in total. The molecule has 0 spiro atoms. The van der Waals surface area contributed by atoms with E-state index in [-0.39, 0.29) is 17.6 Å². The SMILES string of the molecule is O=C(C=Cc1ccc([N+](=O)[O-])o1)n1cccn1. The smallest absolute Gasteiger partial charge is 0.401 e. The van der Waals surface area contributed by atoms with Gasteiger partial charge >= 0.3 is 5.88 Å². The largest absolute Gasteiger partial charge is 0.433 e. The van der Waals surface area contributed by atoms with E-state index in [0.29, 0.717) is 0 Å². The van der Waals surface area contributed by atoms with E-state index in [1.54, 1.807) is 6.07 Å². The summed E-state index contributed by atoms with van der Waals surface area (Å²) in [5.74, 6) is -0.498. The summed E-state index contributed by atoms with van der Waals surface area (Å²) < 4.78 is 5.98. The second kappa shape index (κ2) is 4.44. The van der Waals surface area contributed by atoms with Gasteiger partial charge in [-0.05, 0) is 18.2 Å². The Bertz CT molecular complexity index is 568. The van der Waals surface area contributed by atoms with Gasteiger partial charge in [-0.1, -0.05) is 0 Å². The number of allylic oxidation sites excluding steroid dienone is 1. The number of hydrogen-bond acceptors (Lipinski definition) is 5. The van der Waals surface area contributed by atoms with E-state index in [2.05, 4.69) is 5.10 Å². The fourth-order valence-electron chi connectivity index (χ4n) is 1.16. The van der Waals surface area contributed by atoms with Crippen molar-refractivity contribution in [3.05, 3.63) is 52.5 Å². The molecule has 2 heterocycles. The normalized spacial score (nSPS) is 10.8. The fraction of sp³-hybridized carbons (Fsp3) is 0. The number of nitro groups is 1. The summed E-state index contributed by atoms with van der Waals surface area (Å²) in [6.07, 6.45) is 5.54. The van der Waals surface area contributed by atoms with Gasteiger partial charge in [-0.15, -0.1) is 0 Å². The van der Waals surface area contributed by atoms with Gasteiger partial charge in [0, 0.05) is 18.5 Å². The number of rotatable bonds is 3. The van der Waals surface area contributed by atoms with Crippen LogP contribution in [0.3, 0.4) is 0 Å². The van der Waals surface area contributed by atoms with E-state index >= 15 is 0 Å². The number of aromatic nitrogens is 2. The molecule has 0 aliphatic rings. The molecule has 17 heavy (non-hydrogen) atoms. The van der Waals surface area contributed by atoms with Crippen molar-refractivity contribution < 1.29 is 14.1 Å². The highest BCUT2D eigenvalue weighted by Crippen LogP contribution is 2.16. The zero-order chi connectivity index (χ0) is 12.3. The van der Waals surface area contributed by atoms with E-state index in [4.69, 9.17) is 4.42 Å². The van der Waals surface area contributed by atoms with Crippen molar-refractivity contribution >= 4 is 17.9 Å². The van der Waals surface area contributed by atoms with Crippen molar-refractivity contribution in [3.8, 4) is 0 Å². The van der Waals surface area contributed by atoms with E-state index in [9.17, 15) is 14.9 Å². The van der Waals surface area contributed by atoms with E-state index < -0.39 is 4.92 Å². The maximum atomic E-state index is 11.5. The van der Waals surface area contributed by atoms with Crippen LogP contribution in [0, 0.1) is 10.1 Å². The Morgan fingerprint density at radius 3 is 2.94 bits per heavy atom. The summed E-state index contributed by atoms with van der Waals surface area (Å²) in [7, 11) is 0. The fourth-order valence-corrected chi connectivity index (χ4v) is 1.16. The van der Waals surface area contributed by atoms with Crippen LogP contribution in [0.2, 0.25) is 0 Å². The molecule has 2 rings (SSSR count). The van der Waals surface area contributed by atoms with Crippen molar-refractivity contribution in [1.29, 1.82) is 0 Å². The van der Waals surface area contributed by atoms with Crippen LogP contribution >= 0.6 is 0 Å². The Kier molecular flexibility index (Phi) is 2.82. The van der Waals surface area contributed by atoms with Crippen LogP contribution < -0.4 is 0 Å². The van der Waals surface area contributed by atoms with Crippen LogP contribution in [0.1, 0.15) is 10.6 Å². The summed E-state index contributed by atoms with van der Waals surface area (Å²) in [5, 5.41) is 14.1. The quantitative estimate of drug-likeness (QED) is 0.457. The third-order valence-corrected chi connectivity index (χ3v) is 1.91. The summed E-state index contributed by atoms with van der Waals surface area (Å²) in [6, 6.07) is 4.24. The first kappa shape index (κ1) is 10.8. The monoisotopic (exact) mass is 233 g/mol. The first-order valence-electron chi connectivity index (χ1n) is 4.63. The molecule has 7 nitrogen and oxygen atoms in total. The maximum Gasteiger partial charge on any atom is 0.433 e. The Morgan fingerprint density at radius 1 is 1.53 bits per heavy atom. The molecule has 0 amide bonds. The van der Waals surface area contributed by atoms with Gasteiger partial charge in [0.1, 0.15) is 10.7 Å². The van der Waals surface area contributed by atoms with Gasteiger partial charge in [0.15, 0.2) is 0 Å². The highest BCUT2D eigenvalue weighted by Gasteiger charge is 2.10. The van der Waals surface area contributed by atoms with Crippen LogP contribution in [0.15, 0.2) is 41.1 Å². The molecule has 0 saturated carbocycles. The second-order valence-electron chi connectivity index (χ2n) is 3.06. The van der Waals surface area contributed by atoms with Gasteiger partial charge in [0.25, 0.3) is 5.91 Å². The van der Waals surface area contributed by atoms with E-state index in [0.717, 1.165) is 4.68 Å². The van der Waals surface area contributed by atoms with Crippen LogP contribution in [-0.4, -0.2) is 20.6 Å². The van der Waals surface area contributed by atoms with Gasteiger partial charge in [-0.25, -0.2) is 4.68 Å². The molecule has 0 atom stereocenters. The van der Waals surface area contributed by atoms with Crippen LogP contribution in [0.4, 0.5) is 5.88 Å². The summed E-state index contributed by atoms with van der Waals surface area (Å²) in [4.78, 5) is 21.2. The first-order valence-corrected chi connectivity index (χ1v) is 4.63. The minimum atomic E-state index is -0.646. The molecule has 2 aromatic heterocycles. The molecule has 0 aromatic carbocycles. The number of nitrogens with zero attached hydrogens (tertiary/aromatic N) is 3. The number of furan rings is 1. The van der Waals surface area contributed by atoms with Crippen molar-refractivity contribution in [1.82, 2.24) is 9.78 Å². The molecular weight excluding hydrogens is 226 g/mol. The molecule has 0 radical (unpaired) electrons. The predicted molar refractivity (Wildman–Crippen MR) is 57.2 cm³/mol. The molecule has 0 saturated heterocycles. The summed E-state index contributed by atoms with van der Waals surface area (Å²) >= 11 is 0. The predicted octanol–water partition coefficient (Wildman–Crippen LogP) is 1.74. The number of carbonyl (C=O) groups is 1. The lowest BCUT2D eigenvalue weighted by Crippen LogP contribution is -2.06. The van der Waals surface area contributed by atoms with Gasteiger partial charge in [0.2, 0.25) is 0 Å². The Labute approximate surface area is 95.1 Å². The lowest BCUT2D eigenvalue weighted by atomic mass is 10.4. The van der Waals surface area contributed by atoms with E-state index in [1.165, 1.54) is 36.7 Å². The highest BCUT2D eigenvalue weighted by molar-refractivity contribution is 5.92. The van der Waals surface area contributed by atoms with Gasteiger partial charge < -0.3 is 4.42 Å². The summed E-state index contributed by atoms with van der Waals surface area (Å²) in [6.45, 7) is 0. The average molecular weight is 233 g/mol. The summed E-state index contributed by atoms with van der Waals surface area (Å²) in [5.41, 5.74) is 0.